The average molecular weight is 405 g/mol. The van der Waals surface area contributed by atoms with Crippen molar-refractivity contribution in [1.29, 1.82) is 0 Å². The fraction of sp³-hybridized carbons (Fsp3) is 0.640. The van der Waals surface area contributed by atoms with Gasteiger partial charge in [-0.25, -0.2) is 4.79 Å². The van der Waals surface area contributed by atoms with Crippen molar-refractivity contribution in [2.24, 2.45) is 0 Å². The molecule has 0 unspecified atom stereocenters. The third-order valence-corrected chi connectivity index (χ3v) is 5.21. The second-order valence-corrected chi connectivity index (χ2v) is 7.48. The maximum atomic E-state index is 12.2. The summed E-state index contributed by atoms with van der Waals surface area (Å²) in [5.74, 6) is 0.847. The fourth-order valence-corrected chi connectivity index (χ4v) is 3.49. The molecule has 0 N–H and O–H groups in total. The molecular formula is C25H40O4. The SMILES string of the molecule is CCCCCCC=CCCCCCCCc1cc(OC)cc(OC)c1C(=O)OC. The number of carbonyl (C=O) groups excluding carboxylic acids is 1. The number of allylic oxidation sites excluding steroid dienone is 2. The number of unbranched alkanes of at least 4 members (excludes halogenated alkanes) is 9. The van der Waals surface area contributed by atoms with E-state index in [9.17, 15) is 4.79 Å². The Bertz CT molecular complexity index is 607. The lowest BCUT2D eigenvalue weighted by atomic mass is 9.99. The summed E-state index contributed by atoms with van der Waals surface area (Å²) in [7, 11) is 4.58. The predicted octanol–water partition coefficient (Wildman–Crippen LogP) is 6.90. The molecule has 0 saturated heterocycles. The first-order chi connectivity index (χ1) is 14.2. The highest BCUT2D eigenvalue weighted by molar-refractivity contribution is 5.94. The van der Waals surface area contributed by atoms with Crippen LogP contribution in [0.25, 0.3) is 0 Å². The van der Waals surface area contributed by atoms with Crippen molar-refractivity contribution in [3.63, 3.8) is 0 Å². The first-order valence-corrected chi connectivity index (χ1v) is 11.2. The predicted molar refractivity (Wildman–Crippen MR) is 120 cm³/mol. The van der Waals surface area contributed by atoms with Crippen molar-refractivity contribution in [1.82, 2.24) is 0 Å². The minimum absolute atomic E-state index is 0.360. The Balaban J connectivity index is 2.33. The molecule has 0 heterocycles. The van der Waals surface area contributed by atoms with Gasteiger partial charge in [-0.15, -0.1) is 0 Å². The summed E-state index contributed by atoms with van der Waals surface area (Å²) in [6, 6.07) is 3.65. The van der Waals surface area contributed by atoms with Gasteiger partial charge in [-0.05, 0) is 50.2 Å². The molecule has 0 aliphatic heterocycles. The molecule has 0 radical (unpaired) electrons. The number of benzene rings is 1. The van der Waals surface area contributed by atoms with E-state index in [4.69, 9.17) is 14.2 Å². The van der Waals surface area contributed by atoms with Gasteiger partial charge in [0.05, 0.1) is 21.3 Å². The lowest BCUT2D eigenvalue weighted by Crippen LogP contribution is -2.09. The van der Waals surface area contributed by atoms with E-state index in [1.165, 1.54) is 64.9 Å². The van der Waals surface area contributed by atoms with Crippen LogP contribution >= 0.6 is 0 Å². The second kappa shape index (κ2) is 15.9. The quantitative estimate of drug-likeness (QED) is 0.171. The van der Waals surface area contributed by atoms with E-state index >= 15 is 0 Å². The molecule has 0 amide bonds. The zero-order chi connectivity index (χ0) is 21.3. The molecule has 0 bridgehead atoms. The molecule has 0 aliphatic rings. The Kier molecular flexibility index (Phi) is 13.7. The lowest BCUT2D eigenvalue weighted by molar-refractivity contribution is 0.0595. The van der Waals surface area contributed by atoms with Gasteiger partial charge in [-0.1, -0.05) is 57.6 Å². The maximum absolute atomic E-state index is 12.2. The van der Waals surface area contributed by atoms with E-state index in [2.05, 4.69) is 19.1 Å². The van der Waals surface area contributed by atoms with Crippen LogP contribution in [0.2, 0.25) is 0 Å². The van der Waals surface area contributed by atoms with Gasteiger partial charge in [0.2, 0.25) is 0 Å². The Morgan fingerprint density at radius 2 is 1.45 bits per heavy atom. The van der Waals surface area contributed by atoms with E-state index in [-0.39, 0.29) is 5.97 Å². The highest BCUT2D eigenvalue weighted by atomic mass is 16.5. The van der Waals surface area contributed by atoms with Gasteiger partial charge < -0.3 is 14.2 Å². The number of esters is 1. The van der Waals surface area contributed by atoms with Crippen LogP contribution in [0.1, 0.15) is 93.5 Å². The number of methoxy groups -OCH3 is 3. The van der Waals surface area contributed by atoms with Crippen LogP contribution in [0.3, 0.4) is 0 Å². The van der Waals surface area contributed by atoms with Gasteiger partial charge in [-0.3, -0.25) is 0 Å². The monoisotopic (exact) mass is 404 g/mol. The number of hydrogen-bond donors (Lipinski definition) is 0. The summed E-state index contributed by atoms with van der Waals surface area (Å²) in [6.45, 7) is 2.25. The van der Waals surface area contributed by atoms with Gasteiger partial charge in [0.25, 0.3) is 0 Å². The molecule has 0 aromatic heterocycles. The molecule has 0 aliphatic carbocycles. The van der Waals surface area contributed by atoms with Gasteiger partial charge in [-0.2, -0.15) is 0 Å². The Labute approximate surface area is 177 Å². The first-order valence-electron chi connectivity index (χ1n) is 11.2. The third kappa shape index (κ3) is 9.87. The Morgan fingerprint density at radius 1 is 0.828 bits per heavy atom. The van der Waals surface area contributed by atoms with Crippen LogP contribution in [-0.4, -0.2) is 27.3 Å². The topological polar surface area (TPSA) is 44.8 Å². The fourth-order valence-electron chi connectivity index (χ4n) is 3.49. The number of rotatable bonds is 16. The van der Waals surface area contributed by atoms with Crippen LogP contribution in [0, 0.1) is 0 Å². The number of aryl methyl sites for hydroxylation is 1. The average Bonchev–Trinajstić information content (AvgIpc) is 2.75. The Hall–Kier alpha value is -1.97. The zero-order valence-electron chi connectivity index (χ0n) is 18.9. The lowest BCUT2D eigenvalue weighted by Gasteiger charge is -2.14. The highest BCUT2D eigenvalue weighted by Gasteiger charge is 2.19. The van der Waals surface area contributed by atoms with E-state index in [1.807, 2.05) is 6.07 Å². The molecule has 164 valence electrons. The van der Waals surface area contributed by atoms with E-state index in [0.717, 1.165) is 24.8 Å². The van der Waals surface area contributed by atoms with Gasteiger partial charge in [0.15, 0.2) is 0 Å². The molecule has 1 aromatic carbocycles. The number of hydrogen-bond acceptors (Lipinski definition) is 4. The molecule has 1 aromatic rings. The number of carbonyl (C=O) groups is 1. The van der Waals surface area contributed by atoms with Crippen LogP contribution in [0.5, 0.6) is 11.5 Å². The van der Waals surface area contributed by atoms with E-state index < -0.39 is 0 Å². The van der Waals surface area contributed by atoms with Gasteiger partial charge in [0, 0.05) is 6.07 Å². The van der Waals surface area contributed by atoms with Crippen molar-refractivity contribution < 1.29 is 19.0 Å². The molecular weight excluding hydrogens is 364 g/mol. The summed E-state index contributed by atoms with van der Waals surface area (Å²) < 4.78 is 15.7. The highest BCUT2D eigenvalue weighted by Crippen LogP contribution is 2.30. The van der Waals surface area contributed by atoms with Crippen LogP contribution in [0.15, 0.2) is 24.3 Å². The van der Waals surface area contributed by atoms with Crippen molar-refractivity contribution in [2.45, 2.75) is 84.0 Å². The molecule has 0 saturated carbocycles. The minimum atomic E-state index is -0.360. The van der Waals surface area contributed by atoms with Gasteiger partial charge >= 0.3 is 5.97 Å². The van der Waals surface area contributed by atoms with Crippen molar-refractivity contribution >= 4 is 5.97 Å². The second-order valence-electron chi connectivity index (χ2n) is 7.48. The summed E-state index contributed by atoms with van der Waals surface area (Å²) >= 11 is 0. The third-order valence-electron chi connectivity index (χ3n) is 5.21. The van der Waals surface area contributed by atoms with Gasteiger partial charge in [0.1, 0.15) is 17.1 Å². The molecule has 4 heteroatoms. The molecule has 1 rings (SSSR count). The summed E-state index contributed by atoms with van der Waals surface area (Å²) in [4.78, 5) is 12.2. The van der Waals surface area contributed by atoms with Crippen molar-refractivity contribution in [3.05, 3.63) is 35.4 Å². The van der Waals surface area contributed by atoms with E-state index in [0.29, 0.717) is 17.1 Å². The molecule has 4 nitrogen and oxygen atoms in total. The van der Waals surface area contributed by atoms with Crippen molar-refractivity contribution in [3.8, 4) is 11.5 Å². The standard InChI is InChI=1S/C25H40O4/c1-5-6-7-8-9-10-11-12-13-14-15-16-17-18-21-19-22(27-2)20-23(28-3)24(21)25(26)29-4/h10-11,19-20H,5-9,12-18H2,1-4H3. The smallest absolute Gasteiger partial charge is 0.341 e. The van der Waals surface area contributed by atoms with Crippen molar-refractivity contribution in [2.75, 3.05) is 21.3 Å². The molecule has 0 spiro atoms. The molecule has 29 heavy (non-hydrogen) atoms. The summed E-state index contributed by atoms with van der Waals surface area (Å²) in [5, 5.41) is 0. The summed E-state index contributed by atoms with van der Waals surface area (Å²) in [6.07, 6.45) is 19.2. The van der Waals surface area contributed by atoms with E-state index in [1.54, 1.807) is 20.3 Å². The first kappa shape index (κ1) is 25.1. The zero-order valence-corrected chi connectivity index (χ0v) is 18.9. The summed E-state index contributed by atoms with van der Waals surface area (Å²) in [5.41, 5.74) is 1.44. The normalized spacial score (nSPS) is 11.0. The number of ether oxygens (including phenoxy) is 3. The maximum Gasteiger partial charge on any atom is 0.341 e. The Morgan fingerprint density at radius 3 is 2.03 bits per heavy atom. The van der Waals surface area contributed by atoms with Crippen LogP contribution in [0.4, 0.5) is 0 Å². The molecule has 0 fully saturated rings. The van der Waals surface area contributed by atoms with Crippen LogP contribution < -0.4 is 9.47 Å². The minimum Gasteiger partial charge on any atom is -0.497 e. The van der Waals surface area contributed by atoms with Crippen LogP contribution in [-0.2, 0) is 11.2 Å². The largest absolute Gasteiger partial charge is 0.497 e. The molecule has 0 atom stereocenters.